The van der Waals surface area contributed by atoms with Gasteiger partial charge in [0.15, 0.2) is 5.82 Å². The largest absolute Gasteiger partial charge is 0.388 e. The van der Waals surface area contributed by atoms with Gasteiger partial charge in [-0.15, -0.1) is 0 Å². The van der Waals surface area contributed by atoms with Crippen LogP contribution in [0.1, 0.15) is 5.69 Å². The van der Waals surface area contributed by atoms with Crippen LogP contribution >= 0.6 is 35.4 Å². The molecule has 1 aromatic carbocycles. The number of nitrogens with one attached hydrogen (secondary N) is 1. The normalized spacial score (nSPS) is 10.3. The van der Waals surface area contributed by atoms with Crippen LogP contribution in [0.5, 0.6) is 0 Å². The van der Waals surface area contributed by atoms with Crippen LogP contribution < -0.4 is 11.1 Å². The quantitative estimate of drug-likeness (QED) is 0.672. The summed E-state index contributed by atoms with van der Waals surface area (Å²) in [5.41, 5.74) is 6.31. The summed E-state index contributed by atoms with van der Waals surface area (Å²) in [4.78, 5) is 8.22. The molecule has 0 aliphatic rings. The van der Waals surface area contributed by atoms with Crippen molar-refractivity contribution in [2.45, 2.75) is 0 Å². The van der Waals surface area contributed by atoms with Crippen LogP contribution in [0, 0.1) is 5.82 Å². The number of nitrogens with two attached hydrogens (primary N) is 1. The molecule has 0 spiro atoms. The van der Waals surface area contributed by atoms with Crippen molar-refractivity contribution in [1.29, 1.82) is 0 Å². The number of halogens is 3. The minimum absolute atomic E-state index is 0.0808. The highest BCUT2D eigenvalue weighted by molar-refractivity contribution is 7.80. The minimum Gasteiger partial charge on any atom is -0.388 e. The fourth-order valence-corrected chi connectivity index (χ4v) is 1.89. The van der Waals surface area contributed by atoms with Crippen molar-refractivity contribution in [2.24, 2.45) is 5.73 Å². The van der Waals surface area contributed by atoms with Gasteiger partial charge in [0, 0.05) is 5.69 Å². The first-order chi connectivity index (χ1) is 8.97. The predicted octanol–water partition coefficient (Wildman–Crippen LogP) is 3.30. The lowest BCUT2D eigenvalue weighted by Gasteiger charge is -2.07. The number of anilines is 2. The molecule has 0 bridgehead atoms. The number of hydrogen-bond donors (Lipinski definition) is 2. The van der Waals surface area contributed by atoms with Crippen molar-refractivity contribution in [3.8, 4) is 0 Å². The zero-order valence-corrected chi connectivity index (χ0v) is 11.7. The van der Waals surface area contributed by atoms with E-state index < -0.39 is 5.82 Å². The van der Waals surface area contributed by atoms with E-state index in [0.29, 0.717) is 17.2 Å². The molecule has 4 nitrogen and oxygen atoms in total. The third kappa shape index (κ3) is 3.28. The number of nitrogens with zero attached hydrogens (tertiary/aromatic N) is 2. The van der Waals surface area contributed by atoms with Gasteiger partial charge >= 0.3 is 0 Å². The van der Waals surface area contributed by atoms with Gasteiger partial charge in [-0.25, -0.2) is 14.4 Å². The molecule has 0 fully saturated rings. The van der Waals surface area contributed by atoms with Crippen molar-refractivity contribution in [2.75, 3.05) is 5.32 Å². The molecule has 0 aliphatic carbocycles. The van der Waals surface area contributed by atoms with Gasteiger partial charge in [0.2, 0.25) is 0 Å². The zero-order valence-electron chi connectivity index (χ0n) is 9.32. The van der Waals surface area contributed by atoms with E-state index in [2.05, 4.69) is 15.3 Å². The van der Waals surface area contributed by atoms with E-state index in [1.165, 1.54) is 24.5 Å². The molecule has 0 atom stereocenters. The molecule has 0 unspecified atom stereocenters. The Labute approximate surface area is 123 Å². The molecule has 2 rings (SSSR count). The highest BCUT2D eigenvalue weighted by Gasteiger charge is 2.08. The second-order valence-corrected chi connectivity index (χ2v) is 4.78. The molecule has 19 heavy (non-hydrogen) atoms. The maximum Gasteiger partial charge on any atom is 0.160 e. The fraction of sp³-hybridized carbons (Fsp3) is 0. The first kappa shape index (κ1) is 13.9. The summed E-state index contributed by atoms with van der Waals surface area (Å²) in [5.74, 6) is -0.234. The first-order valence-electron chi connectivity index (χ1n) is 5.01. The van der Waals surface area contributed by atoms with Gasteiger partial charge in [0.25, 0.3) is 0 Å². The molecule has 0 saturated heterocycles. The summed E-state index contributed by atoms with van der Waals surface area (Å²) in [7, 11) is 0. The maximum atomic E-state index is 13.2. The van der Waals surface area contributed by atoms with Crippen LogP contribution in [0.2, 0.25) is 10.0 Å². The highest BCUT2D eigenvalue weighted by atomic mass is 35.5. The van der Waals surface area contributed by atoms with E-state index in [1.54, 1.807) is 0 Å². The van der Waals surface area contributed by atoms with Gasteiger partial charge in [0.05, 0.1) is 22.4 Å². The summed E-state index contributed by atoms with van der Waals surface area (Å²) in [5, 5.41) is 2.72. The topological polar surface area (TPSA) is 63.8 Å². The molecule has 8 heteroatoms. The van der Waals surface area contributed by atoms with Crippen LogP contribution in [0.15, 0.2) is 24.5 Å². The van der Waals surface area contributed by atoms with Crippen molar-refractivity contribution in [1.82, 2.24) is 9.97 Å². The third-order valence-corrected chi connectivity index (χ3v) is 2.92. The van der Waals surface area contributed by atoms with E-state index >= 15 is 0 Å². The molecule has 98 valence electrons. The molecule has 1 aromatic heterocycles. The Balaban J connectivity index is 2.24. The van der Waals surface area contributed by atoms with Crippen LogP contribution in [-0.2, 0) is 0 Å². The maximum absolute atomic E-state index is 13.2. The Kier molecular flexibility index (Phi) is 4.14. The lowest BCUT2D eigenvalue weighted by molar-refractivity contribution is 0.629. The second kappa shape index (κ2) is 5.64. The van der Waals surface area contributed by atoms with E-state index in [9.17, 15) is 4.39 Å². The average Bonchev–Trinajstić information content (AvgIpc) is 2.36. The van der Waals surface area contributed by atoms with Crippen molar-refractivity contribution >= 4 is 51.9 Å². The highest BCUT2D eigenvalue weighted by Crippen LogP contribution is 2.28. The minimum atomic E-state index is -0.663. The van der Waals surface area contributed by atoms with Gasteiger partial charge in [-0.3, -0.25) is 0 Å². The number of hydrogen-bond acceptors (Lipinski definition) is 4. The molecule has 1 heterocycles. The monoisotopic (exact) mass is 316 g/mol. The number of aromatic nitrogens is 2. The Hall–Kier alpha value is -1.50. The van der Waals surface area contributed by atoms with Gasteiger partial charge < -0.3 is 11.1 Å². The number of thiocarbonyl (C=S) groups is 1. The smallest absolute Gasteiger partial charge is 0.160 e. The van der Waals surface area contributed by atoms with Crippen molar-refractivity contribution < 1.29 is 4.39 Å². The van der Waals surface area contributed by atoms with Crippen LogP contribution in [-0.4, -0.2) is 15.0 Å². The molecule has 0 aliphatic heterocycles. The first-order valence-corrected chi connectivity index (χ1v) is 6.17. The van der Waals surface area contributed by atoms with Gasteiger partial charge in [0.1, 0.15) is 16.5 Å². The molecule has 0 saturated carbocycles. The van der Waals surface area contributed by atoms with Crippen LogP contribution in [0.3, 0.4) is 0 Å². The SMILES string of the molecule is NC(=S)c1cnc(Nc2cc(Cl)c(F)c(Cl)c2)cn1. The van der Waals surface area contributed by atoms with E-state index in [4.69, 9.17) is 41.2 Å². The van der Waals surface area contributed by atoms with E-state index in [-0.39, 0.29) is 15.0 Å². The van der Waals surface area contributed by atoms with E-state index in [0.717, 1.165) is 0 Å². The molecular weight excluding hydrogens is 310 g/mol. The lowest BCUT2D eigenvalue weighted by atomic mass is 10.3. The molecule has 0 amide bonds. The molecule has 0 radical (unpaired) electrons. The average molecular weight is 317 g/mol. The van der Waals surface area contributed by atoms with Gasteiger partial charge in [-0.2, -0.15) is 0 Å². The van der Waals surface area contributed by atoms with Gasteiger partial charge in [-0.05, 0) is 12.1 Å². The Morgan fingerprint density at radius 1 is 1.21 bits per heavy atom. The lowest BCUT2D eigenvalue weighted by Crippen LogP contribution is -2.12. The summed E-state index contributed by atoms with van der Waals surface area (Å²) in [6.07, 6.45) is 2.87. The van der Waals surface area contributed by atoms with Crippen LogP contribution in [0.4, 0.5) is 15.9 Å². The summed E-state index contributed by atoms with van der Waals surface area (Å²) in [6, 6.07) is 2.79. The molecule has 3 N–H and O–H groups in total. The van der Waals surface area contributed by atoms with E-state index in [1.807, 2.05) is 0 Å². The zero-order chi connectivity index (χ0) is 14.0. The summed E-state index contributed by atoms with van der Waals surface area (Å²) >= 11 is 16.1. The predicted molar refractivity (Wildman–Crippen MR) is 77.6 cm³/mol. The molecule has 2 aromatic rings. The second-order valence-electron chi connectivity index (χ2n) is 3.53. The standard InChI is InChI=1S/C11H7Cl2FN4S/c12-6-1-5(2-7(13)10(6)14)18-9-4-16-8(3-17-9)11(15)19/h1-4H,(H2,15,19)(H,17,18). The Bertz CT molecular complexity index is 610. The molecular formula is C11H7Cl2FN4S. The Morgan fingerprint density at radius 2 is 1.84 bits per heavy atom. The summed E-state index contributed by atoms with van der Waals surface area (Å²) < 4.78 is 13.2. The van der Waals surface area contributed by atoms with Crippen LogP contribution in [0.25, 0.3) is 0 Å². The van der Waals surface area contributed by atoms with Crippen molar-refractivity contribution in [3.63, 3.8) is 0 Å². The fourth-order valence-electron chi connectivity index (χ4n) is 1.30. The van der Waals surface area contributed by atoms with Crippen molar-refractivity contribution in [3.05, 3.63) is 46.1 Å². The Morgan fingerprint density at radius 3 is 2.32 bits per heavy atom. The third-order valence-electron chi connectivity index (χ3n) is 2.16. The summed E-state index contributed by atoms with van der Waals surface area (Å²) in [6.45, 7) is 0. The number of rotatable bonds is 3. The van der Waals surface area contributed by atoms with Gasteiger partial charge in [-0.1, -0.05) is 35.4 Å². The number of benzene rings is 1.